The molecule has 1 aliphatic carbocycles. The lowest BCUT2D eigenvalue weighted by Crippen LogP contribution is -2.50. The Morgan fingerprint density at radius 1 is 1.16 bits per heavy atom. The van der Waals surface area contributed by atoms with Crippen LogP contribution in [0.2, 0.25) is 0 Å². The van der Waals surface area contributed by atoms with Gasteiger partial charge >= 0.3 is 6.09 Å². The van der Waals surface area contributed by atoms with Gasteiger partial charge < -0.3 is 9.64 Å². The van der Waals surface area contributed by atoms with Gasteiger partial charge in [0, 0.05) is 44.0 Å². The van der Waals surface area contributed by atoms with E-state index in [9.17, 15) is 4.79 Å². The van der Waals surface area contributed by atoms with Crippen LogP contribution in [0.1, 0.15) is 62.3 Å². The second-order valence-corrected chi connectivity index (χ2v) is 8.01. The first kappa shape index (κ1) is 16.8. The molecule has 6 heteroatoms. The number of likely N-dealkylation sites (N-methyl/N-ethyl adjacent to an activating group) is 1. The van der Waals surface area contributed by atoms with Crippen molar-refractivity contribution in [3.63, 3.8) is 0 Å². The van der Waals surface area contributed by atoms with E-state index in [2.05, 4.69) is 14.9 Å². The molecule has 1 aromatic rings. The summed E-state index contributed by atoms with van der Waals surface area (Å²) in [6.45, 7) is 3.36. The van der Waals surface area contributed by atoms with Crippen LogP contribution in [0.4, 0.5) is 4.79 Å². The number of rotatable bonds is 3. The third-order valence-electron chi connectivity index (χ3n) is 5.86. The summed E-state index contributed by atoms with van der Waals surface area (Å²) < 4.78 is 5.68. The maximum atomic E-state index is 11.8. The number of likely N-dealkylation sites (tertiary alicyclic amines) is 1. The fourth-order valence-corrected chi connectivity index (χ4v) is 4.61. The van der Waals surface area contributed by atoms with Crippen LogP contribution in [-0.2, 0) is 11.3 Å². The van der Waals surface area contributed by atoms with Crippen molar-refractivity contribution in [1.29, 1.82) is 0 Å². The van der Waals surface area contributed by atoms with Crippen molar-refractivity contribution in [3.05, 3.63) is 23.8 Å². The first-order chi connectivity index (χ1) is 12.1. The minimum atomic E-state index is -0.326. The van der Waals surface area contributed by atoms with Gasteiger partial charge in [-0.05, 0) is 32.2 Å². The van der Waals surface area contributed by atoms with Gasteiger partial charge in [0.25, 0.3) is 0 Å². The molecule has 1 aromatic heterocycles. The molecule has 1 amide bonds. The quantitative estimate of drug-likeness (QED) is 0.844. The van der Waals surface area contributed by atoms with Crippen molar-refractivity contribution in [1.82, 2.24) is 19.8 Å². The molecule has 3 aliphatic rings. The summed E-state index contributed by atoms with van der Waals surface area (Å²) in [6.07, 6.45) is 12.2. The van der Waals surface area contributed by atoms with E-state index >= 15 is 0 Å². The Bertz CT molecular complexity index is 614. The minimum Gasteiger partial charge on any atom is -0.440 e. The zero-order valence-corrected chi connectivity index (χ0v) is 15.1. The number of carbonyl (C=O) groups is 1. The molecule has 3 heterocycles. The van der Waals surface area contributed by atoms with E-state index in [4.69, 9.17) is 4.74 Å². The lowest BCUT2D eigenvalue weighted by Gasteiger charge is -2.38. The second-order valence-electron chi connectivity index (χ2n) is 8.01. The molecule has 2 aliphatic heterocycles. The third-order valence-corrected chi connectivity index (χ3v) is 5.86. The lowest BCUT2D eigenvalue weighted by molar-refractivity contribution is -0.0114. The van der Waals surface area contributed by atoms with Gasteiger partial charge in [0.05, 0.1) is 6.54 Å². The molecule has 0 N–H and O–H groups in total. The van der Waals surface area contributed by atoms with Crippen LogP contribution in [-0.4, -0.2) is 58.1 Å². The second kappa shape index (κ2) is 6.90. The largest absolute Gasteiger partial charge is 0.440 e. The molecular weight excluding hydrogens is 316 g/mol. The first-order valence-corrected chi connectivity index (χ1v) is 9.61. The number of piperidine rings is 1. The van der Waals surface area contributed by atoms with E-state index in [0.717, 1.165) is 43.9 Å². The number of ether oxygens (including phenoxy) is 1. The van der Waals surface area contributed by atoms with Crippen LogP contribution in [0.3, 0.4) is 0 Å². The fourth-order valence-electron chi connectivity index (χ4n) is 4.61. The summed E-state index contributed by atoms with van der Waals surface area (Å²) >= 11 is 0. The standard InChI is InChI=1S/C19H28N4O2/c1-22-13-19(25-18(22)24)8-5-9-23(14-19)12-15-10-20-17(21-11-15)16-6-3-2-4-7-16/h10-11,16H,2-9,12-14H2,1H3. The van der Waals surface area contributed by atoms with Crippen molar-refractivity contribution in [2.24, 2.45) is 0 Å². The average Bonchev–Trinajstić information content (AvgIpc) is 2.89. The molecular formula is C19H28N4O2. The molecule has 0 aromatic carbocycles. The highest BCUT2D eigenvalue weighted by Crippen LogP contribution is 2.32. The summed E-state index contributed by atoms with van der Waals surface area (Å²) in [5.74, 6) is 1.57. The summed E-state index contributed by atoms with van der Waals surface area (Å²) in [4.78, 5) is 25.1. The molecule has 1 unspecified atom stereocenters. The highest BCUT2D eigenvalue weighted by molar-refractivity contribution is 5.70. The Morgan fingerprint density at radius 2 is 1.92 bits per heavy atom. The van der Waals surface area contributed by atoms with E-state index in [1.807, 2.05) is 19.4 Å². The maximum absolute atomic E-state index is 11.8. The van der Waals surface area contributed by atoms with Crippen molar-refractivity contribution in [2.75, 3.05) is 26.7 Å². The number of nitrogens with zero attached hydrogens (tertiary/aromatic N) is 4. The highest BCUT2D eigenvalue weighted by atomic mass is 16.6. The number of amides is 1. The summed E-state index contributed by atoms with van der Waals surface area (Å²) in [5.41, 5.74) is 0.821. The third kappa shape index (κ3) is 3.64. The van der Waals surface area contributed by atoms with Gasteiger partial charge in [-0.25, -0.2) is 14.8 Å². The molecule has 0 bridgehead atoms. The predicted molar refractivity (Wildman–Crippen MR) is 94.2 cm³/mol. The minimum absolute atomic E-state index is 0.193. The van der Waals surface area contributed by atoms with E-state index in [-0.39, 0.29) is 11.7 Å². The van der Waals surface area contributed by atoms with Gasteiger partial charge in [-0.15, -0.1) is 0 Å². The van der Waals surface area contributed by atoms with Crippen LogP contribution in [0.25, 0.3) is 0 Å². The Hall–Kier alpha value is -1.69. The van der Waals surface area contributed by atoms with Crippen LogP contribution >= 0.6 is 0 Å². The van der Waals surface area contributed by atoms with Gasteiger partial charge in [-0.2, -0.15) is 0 Å². The van der Waals surface area contributed by atoms with Crippen LogP contribution < -0.4 is 0 Å². The number of aromatic nitrogens is 2. The molecule has 1 spiro atoms. The molecule has 6 nitrogen and oxygen atoms in total. The molecule has 1 saturated carbocycles. The molecule has 3 fully saturated rings. The van der Waals surface area contributed by atoms with Crippen LogP contribution in [0.5, 0.6) is 0 Å². The molecule has 4 rings (SSSR count). The molecule has 0 radical (unpaired) electrons. The fraction of sp³-hybridized carbons (Fsp3) is 0.737. The van der Waals surface area contributed by atoms with Crippen molar-refractivity contribution < 1.29 is 9.53 Å². The smallest absolute Gasteiger partial charge is 0.410 e. The Labute approximate surface area is 149 Å². The van der Waals surface area contributed by atoms with Gasteiger partial charge in [0.1, 0.15) is 11.4 Å². The Morgan fingerprint density at radius 3 is 2.60 bits per heavy atom. The number of hydrogen-bond donors (Lipinski definition) is 0. The van der Waals surface area contributed by atoms with Crippen molar-refractivity contribution >= 4 is 6.09 Å². The lowest BCUT2D eigenvalue weighted by atomic mass is 9.89. The number of carbonyl (C=O) groups excluding carboxylic acids is 1. The Balaban J connectivity index is 1.37. The summed E-state index contributed by atoms with van der Waals surface area (Å²) in [7, 11) is 1.81. The van der Waals surface area contributed by atoms with E-state index in [0.29, 0.717) is 12.5 Å². The van der Waals surface area contributed by atoms with Crippen LogP contribution in [0.15, 0.2) is 12.4 Å². The topological polar surface area (TPSA) is 58.6 Å². The first-order valence-electron chi connectivity index (χ1n) is 9.61. The van der Waals surface area contributed by atoms with Crippen molar-refractivity contribution in [3.8, 4) is 0 Å². The molecule has 2 saturated heterocycles. The van der Waals surface area contributed by atoms with Crippen LogP contribution in [0, 0.1) is 0 Å². The summed E-state index contributed by atoms with van der Waals surface area (Å²) in [5, 5.41) is 0. The summed E-state index contributed by atoms with van der Waals surface area (Å²) in [6, 6.07) is 0. The SMILES string of the molecule is CN1CC2(CCCN(Cc3cnc(C4CCCCC4)nc3)C2)OC1=O. The van der Waals surface area contributed by atoms with E-state index in [1.165, 1.54) is 32.1 Å². The van der Waals surface area contributed by atoms with Gasteiger partial charge in [0.2, 0.25) is 0 Å². The van der Waals surface area contributed by atoms with Gasteiger partial charge in [-0.3, -0.25) is 4.90 Å². The average molecular weight is 344 g/mol. The van der Waals surface area contributed by atoms with E-state index < -0.39 is 0 Å². The Kier molecular flexibility index (Phi) is 4.63. The van der Waals surface area contributed by atoms with E-state index in [1.54, 1.807) is 4.90 Å². The molecule has 1 atom stereocenters. The van der Waals surface area contributed by atoms with Gasteiger partial charge in [-0.1, -0.05) is 19.3 Å². The number of hydrogen-bond acceptors (Lipinski definition) is 5. The zero-order valence-electron chi connectivity index (χ0n) is 15.1. The van der Waals surface area contributed by atoms with Gasteiger partial charge in [0.15, 0.2) is 0 Å². The highest BCUT2D eigenvalue weighted by Gasteiger charge is 2.46. The normalized spacial score (nSPS) is 28.5. The molecule has 25 heavy (non-hydrogen) atoms. The monoisotopic (exact) mass is 344 g/mol. The predicted octanol–water partition coefficient (Wildman–Crippen LogP) is 2.94. The zero-order chi connectivity index (χ0) is 17.3. The maximum Gasteiger partial charge on any atom is 0.410 e. The van der Waals surface area contributed by atoms with Crippen molar-refractivity contribution in [2.45, 2.75) is 63.0 Å². The molecule has 136 valence electrons.